The number of hydrogen-bond acceptors (Lipinski definition) is 3. The van der Waals surface area contributed by atoms with E-state index in [0.717, 1.165) is 28.9 Å². The summed E-state index contributed by atoms with van der Waals surface area (Å²) in [6.07, 6.45) is 2.83. The van der Waals surface area contributed by atoms with Gasteiger partial charge in [0, 0.05) is 6.54 Å². The molecular formula is C14H17ClN2S. The largest absolute Gasteiger partial charge is 0.310 e. The molecule has 1 aromatic heterocycles. The first-order valence-electron chi connectivity index (χ1n) is 6.11. The van der Waals surface area contributed by atoms with Gasteiger partial charge in [-0.3, -0.25) is 0 Å². The average molecular weight is 281 g/mol. The molecule has 2 nitrogen and oxygen atoms in total. The highest BCUT2D eigenvalue weighted by Gasteiger charge is 2.04. The number of rotatable bonds is 6. The van der Waals surface area contributed by atoms with Crippen LogP contribution in [0.1, 0.15) is 29.8 Å². The van der Waals surface area contributed by atoms with Gasteiger partial charge in [0.2, 0.25) is 0 Å². The number of hydrogen-bond donors (Lipinski definition) is 1. The van der Waals surface area contributed by atoms with Gasteiger partial charge in [0.15, 0.2) is 0 Å². The highest BCUT2D eigenvalue weighted by atomic mass is 35.5. The van der Waals surface area contributed by atoms with Crippen molar-refractivity contribution >= 4 is 22.9 Å². The van der Waals surface area contributed by atoms with E-state index in [1.54, 1.807) is 6.20 Å². The Kier molecular flexibility index (Phi) is 5.17. The molecule has 0 amide bonds. The van der Waals surface area contributed by atoms with Gasteiger partial charge in [0.05, 0.1) is 6.20 Å². The van der Waals surface area contributed by atoms with Gasteiger partial charge in [-0.05, 0) is 24.4 Å². The molecule has 1 heterocycles. The third-order valence-electron chi connectivity index (χ3n) is 2.92. The molecule has 4 heteroatoms. The molecule has 0 aliphatic heterocycles. The normalized spacial score (nSPS) is 12.6. The molecule has 0 spiro atoms. The molecule has 0 fully saturated rings. The third kappa shape index (κ3) is 4.09. The Morgan fingerprint density at radius 2 is 2.11 bits per heavy atom. The smallest absolute Gasteiger partial charge is 0.113 e. The van der Waals surface area contributed by atoms with E-state index < -0.39 is 0 Å². The van der Waals surface area contributed by atoms with Gasteiger partial charge in [-0.25, -0.2) is 4.98 Å². The van der Waals surface area contributed by atoms with Crippen molar-refractivity contribution in [3.8, 4) is 0 Å². The third-order valence-corrected chi connectivity index (χ3v) is 4.04. The van der Waals surface area contributed by atoms with E-state index >= 15 is 0 Å². The van der Waals surface area contributed by atoms with Crippen LogP contribution in [0, 0.1) is 0 Å². The number of aromatic nitrogens is 1. The fourth-order valence-electron chi connectivity index (χ4n) is 1.83. The van der Waals surface area contributed by atoms with Crippen LogP contribution in [-0.4, -0.2) is 11.5 Å². The Morgan fingerprint density at radius 3 is 2.78 bits per heavy atom. The van der Waals surface area contributed by atoms with Crippen molar-refractivity contribution in [3.63, 3.8) is 0 Å². The molecule has 2 aromatic rings. The zero-order valence-electron chi connectivity index (χ0n) is 10.4. The van der Waals surface area contributed by atoms with Crippen LogP contribution in [0.3, 0.4) is 0 Å². The minimum Gasteiger partial charge on any atom is -0.310 e. The summed E-state index contributed by atoms with van der Waals surface area (Å²) in [5.41, 5.74) is 1.40. The minimum atomic E-state index is 0.582. The molecule has 2 rings (SSSR count). The average Bonchev–Trinajstić information content (AvgIpc) is 2.81. The SMILES string of the molecule is CC(CCNCc1ncc(Cl)s1)c1ccccc1. The van der Waals surface area contributed by atoms with Crippen molar-refractivity contribution in [2.75, 3.05) is 6.54 Å². The van der Waals surface area contributed by atoms with Crippen molar-refractivity contribution in [2.24, 2.45) is 0 Å². The fourth-order valence-corrected chi connectivity index (χ4v) is 2.76. The van der Waals surface area contributed by atoms with Crippen LogP contribution in [0.2, 0.25) is 4.34 Å². The number of benzene rings is 1. The van der Waals surface area contributed by atoms with Crippen molar-refractivity contribution in [1.29, 1.82) is 0 Å². The summed E-state index contributed by atoms with van der Waals surface area (Å²) in [6, 6.07) is 10.6. The van der Waals surface area contributed by atoms with Gasteiger partial charge < -0.3 is 5.32 Å². The van der Waals surface area contributed by atoms with E-state index in [1.807, 2.05) is 0 Å². The predicted molar refractivity (Wildman–Crippen MR) is 78.3 cm³/mol. The van der Waals surface area contributed by atoms with E-state index in [9.17, 15) is 0 Å². The Hall–Kier alpha value is -0.900. The van der Waals surface area contributed by atoms with Crippen LogP contribution < -0.4 is 5.32 Å². The molecule has 1 N–H and O–H groups in total. The lowest BCUT2D eigenvalue weighted by molar-refractivity contribution is 0.593. The Balaban J connectivity index is 1.69. The maximum Gasteiger partial charge on any atom is 0.113 e. The summed E-state index contributed by atoms with van der Waals surface area (Å²) in [4.78, 5) is 4.21. The molecule has 1 unspecified atom stereocenters. The lowest BCUT2D eigenvalue weighted by atomic mass is 9.98. The lowest BCUT2D eigenvalue weighted by Crippen LogP contribution is -2.16. The van der Waals surface area contributed by atoms with Gasteiger partial charge in [-0.2, -0.15) is 0 Å². The van der Waals surface area contributed by atoms with Gasteiger partial charge >= 0.3 is 0 Å². The number of halogens is 1. The minimum absolute atomic E-state index is 0.582. The number of nitrogens with zero attached hydrogens (tertiary/aromatic N) is 1. The van der Waals surface area contributed by atoms with Gasteiger partial charge in [0.1, 0.15) is 9.34 Å². The lowest BCUT2D eigenvalue weighted by Gasteiger charge is -2.11. The summed E-state index contributed by atoms with van der Waals surface area (Å²) in [5.74, 6) is 0.582. The zero-order chi connectivity index (χ0) is 12.8. The molecule has 1 atom stereocenters. The second-order valence-corrected chi connectivity index (χ2v) is 6.08. The maximum absolute atomic E-state index is 5.83. The van der Waals surface area contributed by atoms with Crippen LogP contribution in [0.4, 0.5) is 0 Å². The standard InChI is InChI=1S/C14H17ClN2S/c1-11(12-5-3-2-4-6-12)7-8-16-10-14-17-9-13(15)18-14/h2-6,9,11,16H,7-8,10H2,1H3. The van der Waals surface area contributed by atoms with E-state index in [-0.39, 0.29) is 0 Å². The van der Waals surface area contributed by atoms with E-state index in [0.29, 0.717) is 5.92 Å². The summed E-state index contributed by atoms with van der Waals surface area (Å²) in [5, 5.41) is 4.45. The highest BCUT2D eigenvalue weighted by molar-refractivity contribution is 7.15. The van der Waals surface area contributed by atoms with Crippen LogP contribution >= 0.6 is 22.9 Å². The quantitative estimate of drug-likeness (QED) is 0.807. The van der Waals surface area contributed by atoms with Gasteiger partial charge in [0.25, 0.3) is 0 Å². The topological polar surface area (TPSA) is 24.9 Å². The first-order chi connectivity index (χ1) is 8.75. The number of thiazole rings is 1. The molecule has 1 aromatic carbocycles. The molecule has 0 aliphatic rings. The monoisotopic (exact) mass is 280 g/mol. The second-order valence-electron chi connectivity index (χ2n) is 4.34. The van der Waals surface area contributed by atoms with E-state index in [4.69, 9.17) is 11.6 Å². The molecule has 0 radical (unpaired) electrons. The van der Waals surface area contributed by atoms with Crippen LogP contribution in [-0.2, 0) is 6.54 Å². The number of nitrogens with one attached hydrogen (secondary N) is 1. The molecule has 0 saturated heterocycles. The van der Waals surface area contributed by atoms with E-state index in [2.05, 4.69) is 47.6 Å². The maximum atomic E-state index is 5.83. The molecule has 0 aliphatic carbocycles. The molecule has 0 bridgehead atoms. The summed E-state index contributed by atoms with van der Waals surface area (Å²) in [6.45, 7) is 4.06. The van der Waals surface area contributed by atoms with Gasteiger partial charge in [-0.15, -0.1) is 11.3 Å². The fraction of sp³-hybridized carbons (Fsp3) is 0.357. The molecule has 18 heavy (non-hydrogen) atoms. The second kappa shape index (κ2) is 6.88. The molecule has 96 valence electrons. The van der Waals surface area contributed by atoms with E-state index in [1.165, 1.54) is 16.9 Å². The molecule has 0 saturated carbocycles. The Bertz CT molecular complexity index is 470. The summed E-state index contributed by atoms with van der Waals surface area (Å²) in [7, 11) is 0. The van der Waals surface area contributed by atoms with Crippen LogP contribution in [0.25, 0.3) is 0 Å². The van der Waals surface area contributed by atoms with Crippen LogP contribution in [0.15, 0.2) is 36.5 Å². The van der Waals surface area contributed by atoms with Crippen molar-refractivity contribution in [1.82, 2.24) is 10.3 Å². The zero-order valence-corrected chi connectivity index (χ0v) is 12.0. The predicted octanol–water partition coefficient (Wildman–Crippen LogP) is 4.08. The van der Waals surface area contributed by atoms with Crippen LogP contribution in [0.5, 0.6) is 0 Å². The van der Waals surface area contributed by atoms with Crippen molar-refractivity contribution < 1.29 is 0 Å². The Labute approximate surface area is 117 Å². The summed E-state index contributed by atoms with van der Waals surface area (Å²) >= 11 is 7.37. The highest BCUT2D eigenvalue weighted by Crippen LogP contribution is 2.19. The summed E-state index contributed by atoms with van der Waals surface area (Å²) < 4.78 is 0.754. The molecular weight excluding hydrogens is 264 g/mol. The first-order valence-corrected chi connectivity index (χ1v) is 7.31. The van der Waals surface area contributed by atoms with Gasteiger partial charge in [-0.1, -0.05) is 48.9 Å². The first kappa shape index (κ1) is 13.5. The van der Waals surface area contributed by atoms with Crippen molar-refractivity contribution in [3.05, 3.63) is 51.4 Å². The van der Waals surface area contributed by atoms with Crippen molar-refractivity contribution in [2.45, 2.75) is 25.8 Å². The Morgan fingerprint density at radius 1 is 1.33 bits per heavy atom.